The molecule has 0 aliphatic heterocycles. The smallest absolute Gasteiger partial charge is 0.0546 e. The van der Waals surface area contributed by atoms with E-state index in [1.54, 1.807) is 17.8 Å². The van der Waals surface area contributed by atoms with E-state index in [1.165, 1.54) is 5.56 Å². The lowest BCUT2D eigenvalue weighted by Gasteiger charge is -2.09. The van der Waals surface area contributed by atoms with E-state index in [0.717, 1.165) is 33.8 Å². The lowest BCUT2D eigenvalue weighted by atomic mass is 10.2. The van der Waals surface area contributed by atoms with E-state index in [2.05, 4.69) is 46.4 Å². The van der Waals surface area contributed by atoms with E-state index in [-0.39, 0.29) is 0 Å². The summed E-state index contributed by atoms with van der Waals surface area (Å²) in [6.07, 6.45) is 1.14. The minimum absolute atomic E-state index is 0.693. The van der Waals surface area contributed by atoms with Crippen molar-refractivity contribution in [1.82, 2.24) is 5.32 Å². The van der Waals surface area contributed by atoms with Crippen molar-refractivity contribution in [2.75, 3.05) is 6.54 Å². The van der Waals surface area contributed by atoms with Crippen molar-refractivity contribution in [1.29, 1.82) is 0 Å². The van der Waals surface area contributed by atoms with Gasteiger partial charge in [0, 0.05) is 25.8 Å². The van der Waals surface area contributed by atoms with Crippen LogP contribution in [-0.2, 0) is 6.54 Å². The third kappa shape index (κ3) is 5.19. The molecule has 0 fully saturated rings. The minimum Gasteiger partial charge on any atom is -0.313 e. The van der Waals surface area contributed by atoms with Gasteiger partial charge in [0.05, 0.1) is 5.02 Å². The molecule has 0 heterocycles. The molecule has 0 amide bonds. The van der Waals surface area contributed by atoms with Crippen molar-refractivity contribution in [2.45, 2.75) is 29.7 Å². The van der Waals surface area contributed by atoms with Crippen molar-refractivity contribution < 1.29 is 0 Å². The Morgan fingerprint density at radius 2 is 1.90 bits per heavy atom. The van der Waals surface area contributed by atoms with Crippen molar-refractivity contribution in [3.8, 4) is 0 Å². The summed E-state index contributed by atoms with van der Waals surface area (Å²) >= 11 is 17.5. The molecule has 2 aromatic carbocycles. The topological polar surface area (TPSA) is 12.0 Å². The first-order valence-corrected chi connectivity index (χ1v) is 9.08. The Labute approximate surface area is 148 Å². The van der Waals surface area contributed by atoms with Crippen LogP contribution in [0, 0.1) is 0 Å². The van der Waals surface area contributed by atoms with E-state index in [1.807, 2.05) is 12.1 Å². The molecule has 0 saturated carbocycles. The van der Waals surface area contributed by atoms with Crippen molar-refractivity contribution in [2.24, 2.45) is 0 Å². The lowest BCUT2D eigenvalue weighted by Crippen LogP contribution is -2.13. The molecule has 0 bridgehead atoms. The van der Waals surface area contributed by atoms with Gasteiger partial charge in [0.1, 0.15) is 0 Å². The molecular weight excluding hydrogens is 389 g/mol. The SMILES string of the molecule is CCCNCc1ccc(Sc2cc(Cl)ccc2Cl)c(Br)c1. The summed E-state index contributed by atoms with van der Waals surface area (Å²) in [5.74, 6) is 0. The summed E-state index contributed by atoms with van der Waals surface area (Å²) in [5, 5.41) is 4.80. The fourth-order valence-electron chi connectivity index (χ4n) is 1.82. The summed E-state index contributed by atoms with van der Waals surface area (Å²) in [5.41, 5.74) is 1.26. The maximum atomic E-state index is 6.21. The second-order valence-corrected chi connectivity index (χ2v) is 7.40. The Balaban J connectivity index is 2.12. The molecule has 0 spiro atoms. The second kappa shape index (κ2) is 8.44. The number of halogens is 3. The van der Waals surface area contributed by atoms with E-state index < -0.39 is 0 Å². The number of nitrogens with one attached hydrogen (secondary N) is 1. The average molecular weight is 405 g/mol. The van der Waals surface area contributed by atoms with Gasteiger partial charge < -0.3 is 5.32 Å². The van der Waals surface area contributed by atoms with Gasteiger partial charge >= 0.3 is 0 Å². The third-order valence-corrected chi connectivity index (χ3v) is 5.59. The predicted octanol–water partition coefficient (Wildman–Crippen LogP) is 6.41. The molecular formula is C16H16BrCl2NS. The average Bonchev–Trinajstić information content (AvgIpc) is 2.46. The molecule has 0 aromatic heterocycles. The molecule has 0 radical (unpaired) electrons. The van der Waals surface area contributed by atoms with Gasteiger partial charge in [-0.15, -0.1) is 0 Å². The largest absolute Gasteiger partial charge is 0.313 e. The molecule has 1 nitrogen and oxygen atoms in total. The van der Waals surface area contributed by atoms with Gasteiger partial charge in [0.2, 0.25) is 0 Å². The Kier molecular flexibility index (Phi) is 6.90. The second-order valence-electron chi connectivity index (χ2n) is 4.62. The zero-order valence-corrected chi connectivity index (χ0v) is 15.5. The maximum Gasteiger partial charge on any atom is 0.0546 e. The molecule has 2 aromatic rings. The summed E-state index contributed by atoms with van der Waals surface area (Å²) in [6, 6.07) is 11.9. The minimum atomic E-state index is 0.693. The van der Waals surface area contributed by atoms with Crippen LogP contribution in [0.2, 0.25) is 10.0 Å². The summed E-state index contributed by atoms with van der Waals surface area (Å²) in [7, 11) is 0. The van der Waals surface area contributed by atoms with Gasteiger partial charge in [-0.2, -0.15) is 0 Å². The number of hydrogen-bond acceptors (Lipinski definition) is 2. The van der Waals surface area contributed by atoms with Crippen LogP contribution in [-0.4, -0.2) is 6.54 Å². The predicted molar refractivity (Wildman–Crippen MR) is 96.7 cm³/mol. The van der Waals surface area contributed by atoms with Gasteiger partial charge in [0.15, 0.2) is 0 Å². The Bertz CT molecular complexity index is 619. The Morgan fingerprint density at radius 3 is 2.62 bits per heavy atom. The van der Waals surface area contributed by atoms with E-state index >= 15 is 0 Å². The Morgan fingerprint density at radius 1 is 1.10 bits per heavy atom. The number of benzene rings is 2. The standard InChI is InChI=1S/C16H16BrCl2NS/c1-2-7-20-10-11-3-6-15(13(17)8-11)21-16-9-12(18)4-5-14(16)19/h3-6,8-9,20H,2,7,10H2,1H3. The summed E-state index contributed by atoms with van der Waals surface area (Å²) in [4.78, 5) is 2.08. The zero-order valence-electron chi connectivity index (χ0n) is 11.6. The monoisotopic (exact) mass is 403 g/mol. The molecule has 21 heavy (non-hydrogen) atoms. The number of rotatable bonds is 6. The molecule has 0 unspecified atom stereocenters. The first-order chi connectivity index (χ1) is 10.1. The first kappa shape index (κ1) is 17.2. The fraction of sp³-hybridized carbons (Fsp3) is 0.250. The van der Waals surface area contributed by atoms with Crippen LogP contribution in [0.4, 0.5) is 0 Å². The van der Waals surface area contributed by atoms with Crippen LogP contribution in [0.15, 0.2) is 50.7 Å². The van der Waals surface area contributed by atoms with Crippen LogP contribution in [0.3, 0.4) is 0 Å². The highest BCUT2D eigenvalue weighted by atomic mass is 79.9. The van der Waals surface area contributed by atoms with Gasteiger partial charge in [-0.05, 0) is 64.8 Å². The maximum absolute atomic E-state index is 6.21. The zero-order chi connectivity index (χ0) is 15.2. The van der Waals surface area contributed by atoms with E-state index in [4.69, 9.17) is 23.2 Å². The molecule has 1 N–H and O–H groups in total. The van der Waals surface area contributed by atoms with E-state index in [0.29, 0.717) is 10.0 Å². The van der Waals surface area contributed by atoms with E-state index in [9.17, 15) is 0 Å². The van der Waals surface area contributed by atoms with Crippen molar-refractivity contribution >= 4 is 50.9 Å². The summed E-state index contributed by atoms with van der Waals surface area (Å²) < 4.78 is 1.07. The number of hydrogen-bond donors (Lipinski definition) is 1. The van der Waals surface area contributed by atoms with Crippen LogP contribution >= 0.6 is 50.9 Å². The fourth-order valence-corrected chi connectivity index (χ4v) is 3.84. The van der Waals surface area contributed by atoms with Gasteiger partial charge in [-0.3, -0.25) is 0 Å². The lowest BCUT2D eigenvalue weighted by molar-refractivity contribution is 0.675. The molecule has 0 aliphatic carbocycles. The highest BCUT2D eigenvalue weighted by Crippen LogP contribution is 2.38. The molecule has 112 valence electrons. The van der Waals surface area contributed by atoms with Gasteiger partial charge in [0.25, 0.3) is 0 Å². The van der Waals surface area contributed by atoms with Gasteiger partial charge in [-0.1, -0.05) is 48.0 Å². The molecule has 2 rings (SSSR count). The van der Waals surface area contributed by atoms with Crippen LogP contribution in [0.1, 0.15) is 18.9 Å². The van der Waals surface area contributed by atoms with Crippen LogP contribution < -0.4 is 5.32 Å². The molecule has 0 aliphatic rings. The molecule has 0 atom stereocenters. The normalized spacial score (nSPS) is 10.9. The third-order valence-electron chi connectivity index (χ3n) is 2.87. The van der Waals surface area contributed by atoms with Crippen LogP contribution in [0.5, 0.6) is 0 Å². The highest BCUT2D eigenvalue weighted by Gasteiger charge is 2.07. The highest BCUT2D eigenvalue weighted by molar-refractivity contribution is 9.10. The first-order valence-electron chi connectivity index (χ1n) is 6.72. The summed E-state index contributed by atoms with van der Waals surface area (Å²) in [6.45, 7) is 4.08. The van der Waals surface area contributed by atoms with Gasteiger partial charge in [-0.25, -0.2) is 0 Å². The van der Waals surface area contributed by atoms with Crippen molar-refractivity contribution in [3.63, 3.8) is 0 Å². The molecule has 0 saturated heterocycles. The Hall–Kier alpha value is -0.190. The van der Waals surface area contributed by atoms with Crippen molar-refractivity contribution in [3.05, 3.63) is 56.5 Å². The molecule has 5 heteroatoms. The van der Waals surface area contributed by atoms with Crippen LogP contribution in [0.25, 0.3) is 0 Å². The quantitative estimate of drug-likeness (QED) is 0.558.